The number of benzene rings is 2. The van der Waals surface area contributed by atoms with E-state index < -0.39 is 11.7 Å². The molecule has 1 heterocycles. The molecule has 2 fully saturated rings. The van der Waals surface area contributed by atoms with E-state index in [0.717, 1.165) is 18.4 Å². The Hall–Kier alpha value is -3.09. The molecular weight excluding hydrogens is 399 g/mol. The lowest BCUT2D eigenvalue weighted by Gasteiger charge is -2.21. The second-order valence-corrected chi connectivity index (χ2v) is 8.20. The van der Waals surface area contributed by atoms with Crippen molar-refractivity contribution in [3.05, 3.63) is 59.4 Å². The summed E-state index contributed by atoms with van der Waals surface area (Å²) < 4.78 is 24.3. The molecule has 1 N–H and O–H groups in total. The Bertz CT molecular complexity index is 959. The van der Waals surface area contributed by atoms with Gasteiger partial charge in [0, 0.05) is 36.7 Å². The van der Waals surface area contributed by atoms with Crippen molar-refractivity contribution in [2.75, 3.05) is 33.9 Å². The van der Waals surface area contributed by atoms with E-state index in [9.17, 15) is 14.0 Å². The zero-order valence-electron chi connectivity index (χ0n) is 17.8. The highest BCUT2D eigenvalue weighted by molar-refractivity contribution is 5.95. The molecule has 2 aliphatic rings. The van der Waals surface area contributed by atoms with Crippen molar-refractivity contribution >= 4 is 11.8 Å². The maximum Gasteiger partial charge on any atom is 0.253 e. The van der Waals surface area contributed by atoms with Crippen molar-refractivity contribution in [1.82, 2.24) is 10.2 Å². The number of amides is 2. The molecular formula is C24H27FN2O4. The zero-order chi connectivity index (χ0) is 22.0. The molecule has 2 amide bonds. The summed E-state index contributed by atoms with van der Waals surface area (Å²) in [5.74, 6) is 0.395. The van der Waals surface area contributed by atoms with Gasteiger partial charge >= 0.3 is 0 Å². The van der Waals surface area contributed by atoms with Crippen LogP contribution in [0, 0.1) is 17.7 Å². The van der Waals surface area contributed by atoms with Gasteiger partial charge in [-0.2, -0.15) is 0 Å². The number of hydrogen-bond acceptors (Lipinski definition) is 4. The molecule has 0 spiro atoms. The first-order chi connectivity index (χ1) is 15.0. The van der Waals surface area contributed by atoms with Crippen LogP contribution in [0.2, 0.25) is 0 Å². The SMILES string of the molecule is COc1cccc([C@@H]2CN(C(=O)c3ccc(F)cc3)C[C@H]2C(=O)NCC2CC2)c1OC. The Morgan fingerprint density at radius 2 is 1.81 bits per heavy atom. The fourth-order valence-electron chi connectivity index (χ4n) is 4.23. The first-order valence-corrected chi connectivity index (χ1v) is 10.5. The van der Waals surface area contributed by atoms with Crippen molar-refractivity contribution in [3.63, 3.8) is 0 Å². The predicted molar refractivity (Wildman–Crippen MR) is 114 cm³/mol. The monoisotopic (exact) mass is 426 g/mol. The zero-order valence-corrected chi connectivity index (χ0v) is 17.8. The van der Waals surface area contributed by atoms with Crippen LogP contribution in [-0.2, 0) is 4.79 Å². The van der Waals surface area contributed by atoms with Crippen molar-refractivity contribution in [2.45, 2.75) is 18.8 Å². The average Bonchev–Trinajstić information content (AvgIpc) is 3.52. The number of carbonyl (C=O) groups is 2. The number of methoxy groups -OCH3 is 2. The van der Waals surface area contributed by atoms with Crippen molar-refractivity contribution in [1.29, 1.82) is 0 Å². The Morgan fingerprint density at radius 3 is 2.45 bits per heavy atom. The van der Waals surface area contributed by atoms with E-state index in [4.69, 9.17) is 9.47 Å². The van der Waals surface area contributed by atoms with Gasteiger partial charge in [-0.3, -0.25) is 9.59 Å². The van der Waals surface area contributed by atoms with Crippen LogP contribution >= 0.6 is 0 Å². The minimum Gasteiger partial charge on any atom is -0.493 e. The minimum absolute atomic E-state index is 0.0591. The van der Waals surface area contributed by atoms with Crippen LogP contribution in [0.25, 0.3) is 0 Å². The number of likely N-dealkylation sites (tertiary alicyclic amines) is 1. The number of carbonyl (C=O) groups excluding carboxylic acids is 2. The van der Waals surface area contributed by atoms with Gasteiger partial charge in [-0.05, 0) is 49.1 Å². The molecule has 2 aromatic carbocycles. The highest BCUT2D eigenvalue weighted by atomic mass is 19.1. The topological polar surface area (TPSA) is 67.9 Å². The molecule has 7 heteroatoms. The van der Waals surface area contributed by atoms with E-state index in [2.05, 4.69) is 5.32 Å². The standard InChI is InChI=1S/C24H27FN2O4/c1-30-21-5-3-4-18(22(21)31-2)19-13-27(24(29)16-8-10-17(25)11-9-16)14-20(19)23(28)26-12-15-6-7-15/h3-5,8-11,15,19-20H,6-7,12-14H2,1-2H3,(H,26,28)/t19-,20+/m0/s1. The van der Waals surface area contributed by atoms with Crippen LogP contribution in [0.3, 0.4) is 0 Å². The largest absolute Gasteiger partial charge is 0.493 e. The third-order valence-corrected chi connectivity index (χ3v) is 6.13. The molecule has 31 heavy (non-hydrogen) atoms. The van der Waals surface area contributed by atoms with E-state index in [0.29, 0.717) is 36.1 Å². The predicted octanol–water partition coefficient (Wildman–Crippen LogP) is 3.22. The van der Waals surface area contributed by atoms with Crippen molar-refractivity contribution < 1.29 is 23.5 Å². The molecule has 1 saturated heterocycles. The molecule has 2 atom stereocenters. The lowest BCUT2D eigenvalue weighted by molar-refractivity contribution is -0.125. The number of rotatable bonds is 7. The third kappa shape index (κ3) is 4.50. The number of nitrogens with zero attached hydrogens (tertiary/aromatic N) is 1. The molecule has 0 unspecified atom stereocenters. The van der Waals surface area contributed by atoms with E-state index in [1.165, 1.54) is 24.3 Å². The minimum atomic E-state index is -0.413. The third-order valence-electron chi connectivity index (χ3n) is 6.13. The summed E-state index contributed by atoms with van der Waals surface area (Å²) in [6, 6.07) is 11.1. The van der Waals surface area contributed by atoms with Crippen LogP contribution in [0.5, 0.6) is 11.5 Å². The van der Waals surface area contributed by atoms with Crippen LogP contribution in [-0.4, -0.2) is 50.6 Å². The second kappa shape index (κ2) is 8.96. The van der Waals surface area contributed by atoms with Gasteiger partial charge in [0.05, 0.1) is 20.1 Å². The summed E-state index contributed by atoms with van der Waals surface area (Å²) in [5.41, 5.74) is 1.24. The molecule has 4 rings (SSSR count). The number of para-hydroxylation sites is 1. The Balaban J connectivity index is 1.62. The highest BCUT2D eigenvalue weighted by Crippen LogP contribution is 2.42. The van der Waals surface area contributed by atoms with Gasteiger partial charge < -0.3 is 19.7 Å². The Morgan fingerprint density at radius 1 is 1.06 bits per heavy atom. The van der Waals surface area contributed by atoms with E-state index in [1.807, 2.05) is 12.1 Å². The lowest BCUT2D eigenvalue weighted by atomic mass is 9.87. The molecule has 0 bridgehead atoms. The van der Waals surface area contributed by atoms with Gasteiger partial charge in [-0.25, -0.2) is 4.39 Å². The maximum absolute atomic E-state index is 13.3. The number of hydrogen-bond donors (Lipinski definition) is 1. The smallest absolute Gasteiger partial charge is 0.253 e. The van der Waals surface area contributed by atoms with Gasteiger partial charge in [-0.15, -0.1) is 0 Å². The number of halogens is 1. The molecule has 2 aromatic rings. The molecule has 1 aliphatic heterocycles. The van der Waals surface area contributed by atoms with Gasteiger partial charge in [0.15, 0.2) is 11.5 Å². The van der Waals surface area contributed by atoms with Gasteiger partial charge in [0.2, 0.25) is 5.91 Å². The van der Waals surface area contributed by atoms with Crippen LogP contribution in [0.1, 0.15) is 34.7 Å². The Labute approximate surface area is 181 Å². The fraction of sp³-hybridized carbons (Fsp3) is 0.417. The van der Waals surface area contributed by atoms with Crippen LogP contribution < -0.4 is 14.8 Å². The number of ether oxygens (including phenoxy) is 2. The van der Waals surface area contributed by atoms with Crippen LogP contribution in [0.15, 0.2) is 42.5 Å². The van der Waals surface area contributed by atoms with Crippen LogP contribution in [0.4, 0.5) is 4.39 Å². The normalized spacial score (nSPS) is 20.4. The van der Waals surface area contributed by atoms with E-state index in [-0.39, 0.29) is 24.3 Å². The molecule has 164 valence electrons. The molecule has 1 aliphatic carbocycles. The molecule has 6 nitrogen and oxygen atoms in total. The summed E-state index contributed by atoms with van der Waals surface area (Å²) >= 11 is 0. The average molecular weight is 426 g/mol. The second-order valence-electron chi connectivity index (χ2n) is 8.20. The summed E-state index contributed by atoms with van der Waals surface area (Å²) in [5, 5.41) is 3.06. The highest BCUT2D eigenvalue weighted by Gasteiger charge is 2.42. The van der Waals surface area contributed by atoms with Gasteiger partial charge in [-0.1, -0.05) is 12.1 Å². The summed E-state index contributed by atoms with van der Waals surface area (Å²) in [7, 11) is 3.14. The molecule has 0 aromatic heterocycles. The van der Waals surface area contributed by atoms with Crippen molar-refractivity contribution in [3.8, 4) is 11.5 Å². The number of nitrogens with one attached hydrogen (secondary N) is 1. The summed E-state index contributed by atoms with van der Waals surface area (Å²) in [6.45, 7) is 1.32. The van der Waals surface area contributed by atoms with E-state index in [1.54, 1.807) is 25.2 Å². The van der Waals surface area contributed by atoms with Gasteiger partial charge in [0.25, 0.3) is 5.91 Å². The quantitative estimate of drug-likeness (QED) is 0.738. The van der Waals surface area contributed by atoms with Crippen molar-refractivity contribution in [2.24, 2.45) is 11.8 Å². The maximum atomic E-state index is 13.3. The molecule has 0 radical (unpaired) electrons. The van der Waals surface area contributed by atoms with Gasteiger partial charge in [0.1, 0.15) is 5.82 Å². The summed E-state index contributed by atoms with van der Waals surface area (Å²) in [4.78, 5) is 27.8. The van der Waals surface area contributed by atoms with E-state index >= 15 is 0 Å². The first kappa shape index (κ1) is 21.2. The fourth-order valence-corrected chi connectivity index (χ4v) is 4.23. The summed E-state index contributed by atoms with van der Waals surface area (Å²) in [6.07, 6.45) is 2.29. The Kier molecular flexibility index (Phi) is 6.11. The molecule has 1 saturated carbocycles. The lowest BCUT2D eigenvalue weighted by Crippen LogP contribution is -2.36. The first-order valence-electron chi connectivity index (χ1n) is 10.5.